The van der Waals surface area contributed by atoms with Gasteiger partial charge >= 0.3 is 0 Å². The van der Waals surface area contributed by atoms with Crippen molar-refractivity contribution in [3.8, 4) is 5.75 Å². The van der Waals surface area contributed by atoms with Gasteiger partial charge in [0.15, 0.2) is 0 Å². The maximum atomic E-state index is 5.54. The summed E-state index contributed by atoms with van der Waals surface area (Å²) in [5, 5.41) is 0. The van der Waals surface area contributed by atoms with E-state index in [1.165, 1.54) is 0 Å². The van der Waals surface area contributed by atoms with Crippen molar-refractivity contribution in [2.75, 3.05) is 6.61 Å². The molecular formula is C9H10N2O. The third-order valence-corrected chi connectivity index (χ3v) is 1.83. The summed E-state index contributed by atoms with van der Waals surface area (Å²) in [5.74, 6) is 1.36. The Labute approximate surface area is 70.9 Å². The zero-order chi connectivity index (χ0) is 8.55. The van der Waals surface area contributed by atoms with Crippen LogP contribution in [0.15, 0.2) is 23.2 Å². The predicted octanol–water partition coefficient (Wildman–Crippen LogP) is 1.38. The standard InChI is InChI=1S/C9H10N2O/c1-6-3-2-4-7-9(6)11-8(10)5-12-7/h2-4H,5H2,1H3,(H2,10,11). The van der Waals surface area contributed by atoms with Gasteiger partial charge in [-0.15, -0.1) is 0 Å². The number of ether oxygens (including phenoxy) is 1. The van der Waals surface area contributed by atoms with Crippen LogP contribution in [0.3, 0.4) is 0 Å². The number of para-hydroxylation sites is 1. The van der Waals surface area contributed by atoms with Crippen LogP contribution in [0.1, 0.15) is 5.56 Å². The van der Waals surface area contributed by atoms with Gasteiger partial charge in [-0.3, -0.25) is 0 Å². The third-order valence-electron chi connectivity index (χ3n) is 1.83. The lowest BCUT2D eigenvalue weighted by Gasteiger charge is -2.15. The van der Waals surface area contributed by atoms with E-state index in [-0.39, 0.29) is 0 Å². The second-order valence-electron chi connectivity index (χ2n) is 2.81. The highest BCUT2D eigenvalue weighted by molar-refractivity contribution is 5.87. The monoisotopic (exact) mass is 162 g/mol. The van der Waals surface area contributed by atoms with E-state index in [1.807, 2.05) is 25.1 Å². The second kappa shape index (κ2) is 2.52. The van der Waals surface area contributed by atoms with E-state index >= 15 is 0 Å². The van der Waals surface area contributed by atoms with Gasteiger partial charge in [0.1, 0.15) is 23.9 Å². The summed E-state index contributed by atoms with van der Waals surface area (Å²) in [6, 6.07) is 5.84. The molecule has 3 heteroatoms. The minimum Gasteiger partial charge on any atom is -0.483 e. The lowest BCUT2D eigenvalue weighted by molar-refractivity contribution is 0.371. The van der Waals surface area contributed by atoms with Gasteiger partial charge in [-0.25, -0.2) is 4.99 Å². The highest BCUT2D eigenvalue weighted by atomic mass is 16.5. The smallest absolute Gasteiger partial charge is 0.145 e. The number of rotatable bonds is 0. The van der Waals surface area contributed by atoms with E-state index in [9.17, 15) is 0 Å². The number of aliphatic imine (C=N–C) groups is 1. The Kier molecular flexibility index (Phi) is 1.50. The van der Waals surface area contributed by atoms with E-state index in [0.29, 0.717) is 12.4 Å². The molecule has 1 aromatic carbocycles. The van der Waals surface area contributed by atoms with Gasteiger partial charge in [0.05, 0.1) is 0 Å². The Morgan fingerprint density at radius 1 is 1.50 bits per heavy atom. The van der Waals surface area contributed by atoms with Crippen LogP contribution in [-0.4, -0.2) is 12.4 Å². The fourth-order valence-electron chi connectivity index (χ4n) is 1.22. The SMILES string of the molecule is Cc1cccc2c1N=C(N)CO2. The molecule has 12 heavy (non-hydrogen) atoms. The van der Waals surface area contributed by atoms with Crippen molar-refractivity contribution < 1.29 is 4.74 Å². The molecule has 2 rings (SSSR count). The van der Waals surface area contributed by atoms with Crippen molar-refractivity contribution in [2.45, 2.75) is 6.92 Å². The molecule has 0 amide bonds. The molecule has 0 radical (unpaired) electrons. The minimum atomic E-state index is 0.399. The number of hydrogen-bond donors (Lipinski definition) is 1. The fraction of sp³-hybridized carbons (Fsp3) is 0.222. The summed E-state index contributed by atoms with van der Waals surface area (Å²) < 4.78 is 5.36. The van der Waals surface area contributed by atoms with Crippen molar-refractivity contribution in [1.29, 1.82) is 0 Å². The van der Waals surface area contributed by atoms with Gasteiger partial charge in [0.2, 0.25) is 0 Å². The summed E-state index contributed by atoms with van der Waals surface area (Å²) in [7, 11) is 0. The lowest BCUT2D eigenvalue weighted by atomic mass is 10.2. The Hall–Kier alpha value is -1.51. The zero-order valence-electron chi connectivity index (χ0n) is 6.87. The van der Waals surface area contributed by atoms with Crippen molar-refractivity contribution in [3.63, 3.8) is 0 Å². The van der Waals surface area contributed by atoms with E-state index in [1.54, 1.807) is 0 Å². The molecule has 0 atom stereocenters. The topological polar surface area (TPSA) is 47.6 Å². The first-order valence-corrected chi connectivity index (χ1v) is 3.83. The van der Waals surface area contributed by atoms with Crippen molar-refractivity contribution in [1.82, 2.24) is 0 Å². The van der Waals surface area contributed by atoms with Crippen molar-refractivity contribution in [2.24, 2.45) is 10.7 Å². The average molecular weight is 162 g/mol. The van der Waals surface area contributed by atoms with Gasteiger partial charge in [-0.2, -0.15) is 0 Å². The highest BCUT2D eigenvalue weighted by Gasteiger charge is 2.11. The van der Waals surface area contributed by atoms with E-state index in [2.05, 4.69) is 4.99 Å². The van der Waals surface area contributed by atoms with Gasteiger partial charge in [0, 0.05) is 0 Å². The Morgan fingerprint density at radius 3 is 3.17 bits per heavy atom. The first kappa shape index (κ1) is 7.16. The number of nitrogens with zero attached hydrogens (tertiary/aromatic N) is 1. The van der Waals surface area contributed by atoms with Crippen LogP contribution in [0.4, 0.5) is 5.69 Å². The predicted molar refractivity (Wildman–Crippen MR) is 48.0 cm³/mol. The molecule has 1 aromatic rings. The number of fused-ring (bicyclic) bond motifs is 1. The van der Waals surface area contributed by atoms with Gasteiger partial charge < -0.3 is 10.5 Å². The fourth-order valence-corrected chi connectivity index (χ4v) is 1.22. The van der Waals surface area contributed by atoms with E-state index < -0.39 is 0 Å². The molecule has 2 N–H and O–H groups in total. The maximum Gasteiger partial charge on any atom is 0.145 e. The molecule has 0 spiro atoms. The van der Waals surface area contributed by atoms with Crippen LogP contribution in [-0.2, 0) is 0 Å². The zero-order valence-corrected chi connectivity index (χ0v) is 6.87. The van der Waals surface area contributed by atoms with E-state index in [4.69, 9.17) is 10.5 Å². The molecule has 0 saturated heterocycles. The molecule has 0 aliphatic carbocycles. The first-order valence-electron chi connectivity index (χ1n) is 3.83. The number of nitrogens with two attached hydrogens (primary N) is 1. The van der Waals surface area contributed by atoms with E-state index in [0.717, 1.165) is 17.0 Å². The molecule has 3 nitrogen and oxygen atoms in total. The summed E-state index contributed by atoms with van der Waals surface area (Å²) in [5.41, 5.74) is 7.50. The quantitative estimate of drug-likeness (QED) is 0.626. The summed E-state index contributed by atoms with van der Waals surface area (Å²) in [6.45, 7) is 2.39. The summed E-state index contributed by atoms with van der Waals surface area (Å²) in [4.78, 5) is 4.21. The number of amidine groups is 1. The van der Waals surface area contributed by atoms with Crippen molar-refractivity contribution >= 4 is 11.5 Å². The molecule has 0 bridgehead atoms. The minimum absolute atomic E-state index is 0.399. The van der Waals surface area contributed by atoms with Crippen LogP contribution in [0, 0.1) is 6.92 Å². The first-order chi connectivity index (χ1) is 5.77. The molecule has 1 aliphatic rings. The average Bonchev–Trinajstić information content (AvgIpc) is 2.07. The van der Waals surface area contributed by atoms with Crippen LogP contribution >= 0.6 is 0 Å². The Bertz CT molecular complexity index is 344. The van der Waals surface area contributed by atoms with Crippen LogP contribution < -0.4 is 10.5 Å². The van der Waals surface area contributed by atoms with Crippen molar-refractivity contribution in [3.05, 3.63) is 23.8 Å². The van der Waals surface area contributed by atoms with Gasteiger partial charge in [0.25, 0.3) is 0 Å². The molecule has 62 valence electrons. The molecule has 0 saturated carbocycles. The van der Waals surface area contributed by atoms with Crippen LogP contribution in [0.5, 0.6) is 5.75 Å². The number of aryl methyl sites for hydroxylation is 1. The summed E-state index contributed by atoms with van der Waals surface area (Å²) >= 11 is 0. The molecule has 0 unspecified atom stereocenters. The maximum absolute atomic E-state index is 5.54. The Morgan fingerprint density at radius 2 is 2.33 bits per heavy atom. The summed E-state index contributed by atoms with van der Waals surface area (Å²) in [6.07, 6.45) is 0. The number of benzene rings is 1. The molecule has 1 heterocycles. The molecule has 0 aromatic heterocycles. The Balaban J connectivity index is 2.59. The third kappa shape index (κ3) is 1.03. The number of hydrogen-bond acceptors (Lipinski definition) is 3. The largest absolute Gasteiger partial charge is 0.483 e. The molecule has 0 fully saturated rings. The van der Waals surface area contributed by atoms with Gasteiger partial charge in [-0.05, 0) is 18.6 Å². The molecular weight excluding hydrogens is 152 g/mol. The van der Waals surface area contributed by atoms with Crippen LogP contribution in [0.25, 0.3) is 0 Å². The highest BCUT2D eigenvalue weighted by Crippen LogP contribution is 2.32. The lowest BCUT2D eigenvalue weighted by Crippen LogP contribution is -2.23. The normalized spacial score (nSPS) is 14.6. The molecule has 1 aliphatic heterocycles. The second-order valence-corrected chi connectivity index (χ2v) is 2.81. The van der Waals surface area contributed by atoms with Crippen LogP contribution in [0.2, 0.25) is 0 Å². The van der Waals surface area contributed by atoms with Gasteiger partial charge in [-0.1, -0.05) is 12.1 Å².